The molecule has 30 heavy (non-hydrogen) atoms. The van der Waals surface area contributed by atoms with Crippen LogP contribution >= 0.6 is 0 Å². The lowest BCUT2D eigenvalue weighted by Gasteiger charge is -2.18. The monoisotopic (exact) mass is 394 g/mol. The number of nitrogens with zero attached hydrogens (tertiary/aromatic N) is 2. The molecular formula is C26H22N2O2. The third kappa shape index (κ3) is 4.51. The van der Waals surface area contributed by atoms with E-state index in [0.717, 1.165) is 32.7 Å². The molecule has 0 aliphatic heterocycles. The van der Waals surface area contributed by atoms with E-state index in [-0.39, 0.29) is 0 Å². The lowest BCUT2D eigenvalue weighted by molar-refractivity contribution is 0.215. The molecule has 0 fully saturated rings. The molecule has 0 amide bonds. The fourth-order valence-corrected chi connectivity index (χ4v) is 3.63. The summed E-state index contributed by atoms with van der Waals surface area (Å²) in [6.45, 7) is 3.92. The summed E-state index contributed by atoms with van der Waals surface area (Å²) in [5.74, 6) is 0. The van der Waals surface area contributed by atoms with Crippen LogP contribution in [0.3, 0.4) is 0 Å². The predicted molar refractivity (Wildman–Crippen MR) is 116 cm³/mol. The lowest BCUT2D eigenvalue weighted by atomic mass is 9.95. The Morgan fingerprint density at radius 2 is 0.933 bits per heavy atom. The standard InChI is InChI=1S/C26H22N2O2/c1-19(25(29-17-27)21-11-5-3-6-12-21)23-15-9-10-16-24(23)20(2)26(30-18-28)22-13-7-4-8-14-22/h3-16,25-26H,1-2H3. The van der Waals surface area contributed by atoms with E-state index in [1.54, 1.807) is 0 Å². The Morgan fingerprint density at radius 3 is 1.27 bits per heavy atom. The molecule has 0 N–H and O–H groups in total. The zero-order valence-electron chi connectivity index (χ0n) is 16.9. The summed E-state index contributed by atoms with van der Waals surface area (Å²) in [6.07, 6.45) is 2.67. The van der Waals surface area contributed by atoms with Crippen molar-refractivity contribution < 1.29 is 9.47 Å². The first-order chi connectivity index (χ1) is 14.7. The maximum Gasteiger partial charge on any atom is 0.287 e. The van der Waals surface area contributed by atoms with Gasteiger partial charge in [-0.15, -0.1) is 0 Å². The molecule has 0 aliphatic rings. The van der Waals surface area contributed by atoms with Crippen LogP contribution in [0.2, 0.25) is 0 Å². The van der Waals surface area contributed by atoms with Gasteiger partial charge in [-0.2, -0.15) is 10.5 Å². The molecule has 0 spiro atoms. The van der Waals surface area contributed by atoms with Crippen molar-refractivity contribution in [1.29, 1.82) is 10.5 Å². The molecule has 2 unspecified atom stereocenters. The molecular weight excluding hydrogens is 372 g/mol. The summed E-state index contributed by atoms with van der Waals surface area (Å²) < 4.78 is 10.9. The van der Waals surface area contributed by atoms with Crippen LogP contribution in [-0.4, -0.2) is 0 Å². The Balaban J connectivity index is 2.26. The second-order valence-corrected chi connectivity index (χ2v) is 6.91. The quantitative estimate of drug-likeness (QED) is 0.577. The molecule has 0 heterocycles. The Kier molecular flexibility index (Phi) is 6.87. The Labute approximate surface area is 176 Å². The normalized spacial score (nSPS) is 14.4. The van der Waals surface area contributed by atoms with Gasteiger partial charge in [0.25, 0.3) is 12.5 Å². The van der Waals surface area contributed by atoms with Gasteiger partial charge in [-0.25, -0.2) is 0 Å². The zero-order valence-corrected chi connectivity index (χ0v) is 16.9. The molecule has 0 aliphatic carbocycles. The summed E-state index contributed by atoms with van der Waals surface area (Å²) in [4.78, 5) is 0. The van der Waals surface area contributed by atoms with Crippen LogP contribution in [0.15, 0.2) is 84.9 Å². The number of nitriles is 2. The van der Waals surface area contributed by atoms with Crippen LogP contribution in [0, 0.1) is 23.0 Å². The fraction of sp³-hybridized carbons (Fsp3) is 0.154. The van der Waals surface area contributed by atoms with Gasteiger partial charge in [0.05, 0.1) is 0 Å². The fourth-order valence-electron chi connectivity index (χ4n) is 3.63. The second kappa shape index (κ2) is 9.96. The van der Waals surface area contributed by atoms with E-state index in [1.807, 2.05) is 111 Å². The minimum atomic E-state index is -0.503. The molecule has 3 aromatic carbocycles. The smallest absolute Gasteiger partial charge is 0.287 e. The van der Waals surface area contributed by atoms with Crippen molar-refractivity contribution in [2.45, 2.75) is 26.1 Å². The van der Waals surface area contributed by atoms with E-state index in [2.05, 4.69) is 0 Å². The SMILES string of the molecule is CC(=c1ccccc1=C(C)C(OC#N)c1ccccc1)C(OC#N)c1ccccc1. The molecule has 0 aromatic heterocycles. The van der Waals surface area contributed by atoms with Crippen LogP contribution in [0.5, 0.6) is 0 Å². The topological polar surface area (TPSA) is 66.0 Å². The summed E-state index contributed by atoms with van der Waals surface area (Å²) in [5.41, 5.74) is 3.61. The third-order valence-electron chi connectivity index (χ3n) is 5.11. The van der Waals surface area contributed by atoms with Crippen molar-refractivity contribution in [2.24, 2.45) is 0 Å². The van der Waals surface area contributed by atoms with Gasteiger partial charge in [0.1, 0.15) is 0 Å². The molecule has 0 bridgehead atoms. The van der Waals surface area contributed by atoms with E-state index in [1.165, 1.54) is 0 Å². The summed E-state index contributed by atoms with van der Waals surface area (Å²) in [5, 5.41) is 20.4. The van der Waals surface area contributed by atoms with Gasteiger partial charge < -0.3 is 9.47 Å². The highest BCUT2D eigenvalue weighted by molar-refractivity contribution is 5.57. The van der Waals surface area contributed by atoms with E-state index < -0.39 is 12.2 Å². The minimum Gasteiger partial charge on any atom is -0.415 e. The molecule has 0 radical (unpaired) electrons. The van der Waals surface area contributed by atoms with E-state index in [0.29, 0.717) is 0 Å². The Morgan fingerprint density at radius 1 is 0.600 bits per heavy atom. The summed E-state index contributed by atoms with van der Waals surface area (Å²) >= 11 is 0. The summed E-state index contributed by atoms with van der Waals surface area (Å²) in [6, 6.07) is 27.2. The number of ether oxygens (including phenoxy) is 2. The first kappa shape index (κ1) is 20.7. The predicted octanol–water partition coefficient (Wildman–Crippen LogP) is 4.51. The van der Waals surface area contributed by atoms with Crippen molar-refractivity contribution in [1.82, 2.24) is 0 Å². The van der Waals surface area contributed by atoms with Crippen molar-refractivity contribution in [3.8, 4) is 12.5 Å². The van der Waals surface area contributed by atoms with Gasteiger partial charge in [-0.05, 0) is 46.6 Å². The van der Waals surface area contributed by atoms with Crippen molar-refractivity contribution in [3.63, 3.8) is 0 Å². The van der Waals surface area contributed by atoms with Gasteiger partial charge in [0.2, 0.25) is 0 Å². The molecule has 3 aromatic rings. The van der Waals surface area contributed by atoms with Crippen molar-refractivity contribution >= 4 is 11.1 Å². The molecule has 4 heteroatoms. The van der Waals surface area contributed by atoms with Crippen LogP contribution in [0.25, 0.3) is 11.1 Å². The maximum atomic E-state index is 9.23. The number of hydrogen-bond acceptors (Lipinski definition) is 4. The van der Waals surface area contributed by atoms with Gasteiger partial charge >= 0.3 is 0 Å². The average molecular weight is 394 g/mol. The largest absolute Gasteiger partial charge is 0.415 e. The zero-order chi connectivity index (χ0) is 21.3. The maximum absolute atomic E-state index is 9.23. The molecule has 4 nitrogen and oxygen atoms in total. The summed E-state index contributed by atoms with van der Waals surface area (Å²) in [7, 11) is 0. The number of rotatable bonds is 6. The Hall–Kier alpha value is -4.02. The van der Waals surface area contributed by atoms with E-state index in [4.69, 9.17) is 9.47 Å². The second-order valence-electron chi connectivity index (χ2n) is 6.91. The van der Waals surface area contributed by atoms with Gasteiger partial charge in [0, 0.05) is 0 Å². The number of benzene rings is 3. The first-order valence-corrected chi connectivity index (χ1v) is 9.63. The van der Waals surface area contributed by atoms with E-state index in [9.17, 15) is 10.5 Å². The molecule has 3 rings (SSSR count). The van der Waals surface area contributed by atoms with E-state index >= 15 is 0 Å². The first-order valence-electron chi connectivity index (χ1n) is 9.63. The van der Waals surface area contributed by atoms with Crippen molar-refractivity contribution in [3.05, 3.63) is 106 Å². The van der Waals surface area contributed by atoms with Gasteiger partial charge in [0.15, 0.2) is 12.2 Å². The Bertz CT molecular complexity index is 1090. The van der Waals surface area contributed by atoms with Crippen LogP contribution < -0.4 is 10.4 Å². The minimum absolute atomic E-state index is 0.503. The molecule has 0 saturated carbocycles. The molecule has 0 saturated heterocycles. The van der Waals surface area contributed by atoms with Crippen LogP contribution in [-0.2, 0) is 9.47 Å². The highest BCUT2D eigenvalue weighted by Crippen LogP contribution is 2.26. The molecule has 148 valence electrons. The van der Waals surface area contributed by atoms with Crippen molar-refractivity contribution in [2.75, 3.05) is 0 Å². The van der Waals surface area contributed by atoms with Gasteiger partial charge in [-0.1, -0.05) is 84.9 Å². The lowest BCUT2D eigenvalue weighted by Crippen LogP contribution is -2.31. The van der Waals surface area contributed by atoms with Crippen LogP contribution in [0.1, 0.15) is 37.2 Å². The highest BCUT2D eigenvalue weighted by atomic mass is 16.5. The third-order valence-corrected chi connectivity index (χ3v) is 5.11. The molecule has 2 atom stereocenters. The van der Waals surface area contributed by atoms with Gasteiger partial charge in [-0.3, -0.25) is 0 Å². The number of hydrogen-bond donors (Lipinski definition) is 0. The highest BCUT2D eigenvalue weighted by Gasteiger charge is 2.19. The van der Waals surface area contributed by atoms with Crippen LogP contribution in [0.4, 0.5) is 0 Å². The average Bonchev–Trinajstić information content (AvgIpc) is 2.81.